The number of carbonyl (C=O) groups excluding carboxylic acids is 1. The van der Waals surface area contributed by atoms with Crippen molar-refractivity contribution in [1.29, 1.82) is 0 Å². The van der Waals surface area contributed by atoms with Gasteiger partial charge in [0.2, 0.25) is 0 Å². The number of hydrogen-bond donors (Lipinski definition) is 0. The molecule has 1 amide bonds. The van der Waals surface area contributed by atoms with Crippen LogP contribution in [0.1, 0.15) is 39.7 Å². The normalized spacial score (nSPS) is 20.4. The highest BCUT2D eigenvalue weighted by Crippen LogP contribution is 2.34. The molecule has 0 saturated carbocycles. The fourth-order valence-electron chi connectivity index (χ4n) is 2.87. The number of nitrogens with zero attached hydrogens (tertiary/aromatic N) is 1. The third kappa shape index (κ3) is 4.73. The lowest BCUT2D eigenvalue weighted by Gasteiger charge is -2.24. The molecule has 4 nitrogen and oxygen atoms in total. The van der Waals surface area contributed by atoms with Gasteiger partial charge in [0.1, 0.15) is 6.61 Å². The Bertz CT molecular complexity index is 484. The molecule has 122 valence electrons. The maximum Gasteiger partial charge on any atom is 0.410 e. The van der Waals surface area contributed by atoms with Crippen LogP contribution in [0.3, 0.4) is 0 Å². The molecule has 0 N–H and O–H groups in total. The number of carbonyl (C=O) groups is 1. The molecule has 4 heteroatoms. The van der Waals surface area contributed by atoms with Gasteiger partial charge in [-0.05, 0) is 31.2 Å². The van der Waals surface area contributed by atoms with Gasteiger partial charge in [0.15, 0.2) is 0 Å². The molecule has 1 atom stereocenters. The monoisotopic (exact) mass is 305 g/mol. The lowest BCUT2D eigenvalue weighted by Crippen LogP contribution is -2.39. The zero-order chi connectivity index (χ0) is 16.2. The van der Waals surface area contributed by atoms with Gasteiger partial charge in [0.05, 0.1) is 18.8 Å². The van der Waals surface area contributed by atoms with E-state index in [0.29, 0.717) is 19.8 Å². The predicted octanol–water partition coefficient (Wildman–Crippen LogP) is 3.85. The van der Waals surface area contributed by atoms with E-state index in [1.165, 1.54) is 0 Å². The number of amides is 1. The number of likely N-dealkylation sites (tertiary alicyclic amines) is 1. The fourth-order valence-corrected chi connectivity index (χ4v) is 2.87. The van der Waals surface area contributed by atoms with Crippen molar-refractivity contribution in [3.63, 3.8) is 0 Å². The molecule has 1 aromatic carbocycles. The second kappa shape index (κ2) is 7.14. The van der Waals surface area contributed by atoms with Crippen molar-refractivity contribution < 1.29 is 14.3 Å². The third-order valence-corrected chi connectivity index (χ3v) is 3.89. The third-order valence-electron chi connectivity index (χ3n) is 3.89. The average Bonchev–Trinajstić information content (AvgIpc) is 2.79. The van der Waals surface area contributed by atoms with Crippen LogP contribution >= 0.6 is 0 Å². The van der Waals surface area contributed by atoms with Gasteiger partial charge in [0.25, 0.3) is 0 Å². The lowest BCUT2D eigenvalue weighted by atomic mass is 9.91. The Morgan fingerprint density at radius 1 is 1.32 bits per heavy atom. The van der Waals surface area contributed by atoms with Crippen molar-refractivity contribution in [1.82, 2.24) is 4.90 Å². The van der Waals surface area contributed by atoms with Gasteiger partial charge in [-0.25, -0.2) is 4.79 Å². The maximum absolute atomic E-state index is 12.4. The predicted molar refractivity (Wildman–Crippen MR) is 86.6 cm³/mol. The first-order valence-electron chi connectivity index (χ1n) is 7.96. The Labute approximate surface area is 133 Å². The van der Waals surface area contributed by atoms with E-state index in [0.717, 1.165) is 12.0 Å². The second-order valence-corrected chi connectivity index (χ2v) is 7.07. The van der Waals surface area contributed by atoms with Gasteiger partial charge in [-0.1, -0.05) is 44.2 Å². The molecular weight excluding hydrogens is 278 g/mol. The lowest BCUT2D eigenvalue weighted by molar-refractivity contribution is 0.0295. The van der Waals surface area contributed by atoms with Crippen molar-refractivity contribution in [2.24, 2.45) is 5.41 Å². The number of benzene rings is 1. The SMILES string of the molecule is CC(C)OCC1CC(C)(C)CN1C(=O)OCc1ccccc1. The highest BCUT2D eigenvalue weighted by atomic mass is 16.6. The molecule has 2 rings (SSSR count). The van der Waals surface area contributed by atoms with Crippen molar-refractivity contribution >= 4 is 6.09 Å². The first kappa shape index (κ1) is 16.8. The standard InChI is InChI=1S/C18H27NO3/c1-14(2)21-12-16-10-18(3,4)13-19(16)17(20)22-11-15-8-6-5-7-9-15/h5-9,14,16H,10-13H2,1-4H3. The molecule has 0 radical (unpaired) electrons. The van der Waals surface area contributed by atoms with E-state index in [4.69, 9.17) is 9.47 Å². The molecular formula is C18H27NO3. The maximum atomic E-state index is 12.4. The van der Waals surface area contributed by atoms with E-state index in [1.807, 2.05) is 49.1 Å². The summed E-state index contributed by atoms with van der Waals surface area (Å²) in [6.45, 7) is 9.98. The molecule has 0 bridgehead atoms. The molecule has 0 spiro atoms. The molecule has 1 unspecified atom stereocenters. The minimum Gasteiger partial charge on any atom is -0.445 e. The average molecular weight is 305 g/mol. The minimum absolute atomic E-state index is 0.0978. The Kier molecular flexibility index (Phi) is 5.46. The highest BCUT2D eigenvalue weighted by Gasteiger charge is 2.40. The summed E-state index contributed by atoms with van der Waals surface area (Å²) in [6.07, 6.45) is 0.873. The molecule has 1 aromatic rings. The van der Waals surface area contributed by atoms with Crippen molar-refractivity contribution in [2.45, 2.75) is 52.9 Å². The van der Waals surface area contributed by atoms with Crippen molar-refractivity contribution in [3.8, 4) is 0 Å². The first-order valence-corrected chi connectivity index (χ1v) is 7.96. The quantitative estimate of drug-likeness (QED) is 0.829. The van der Waals surface area contributed by atoms with Crippen LogP contribution in [0.4, 0.5) is 4.79 Å². The van der Waals surface area contributed by atoms with E-state index in [-0.39, 0.29) is 23.7 Å². The Morgan fingerprint density at radius 2 is 2.00 bits per heavy atom. The Morgan fingerprint density at radius 3 is 2.64 bits per heavy atom. The van der Waals surface area contributed by atoms with E-state index >= 15 is 0 Å². The summed E-state index contributed by atoms with van der Waals surface area (Å²) < 4.78 is 11.2. The van der Waals surface area contributed by atoms with E-state index in [9.17, 15) is 4.79 Å². The minimum atomic E-state index is -0.244. The van der Waals surface area contributed by atoms with Crippen LogP contribution in [0.5, 0.6) is 0 Å². The van der Waals surface area contributed by atoms with Crippen LogP contribution < -0.4 is 0 Å². The van der Waals surface area contributed by atoms with Crippen molar-refractivity contribution in [2.75, 3.05) is 13.2 Å². The van der Waals surface area contributed by atoms with Gasteiger partial charge in [0, 0.05) is 6.54 Å². The highest BCUT2D eigenvalue weighted by molar-refractivity contribution is 5.68. The number of hydrogen-bond acceptors (Lipinski definition) is 3. The number of rotatable bonds is 5. The van der Waals surface area contributed by atoms with Crippen LogP contribution in [0.2, 0.25) is 0 Å². The van der Waals surface area contributed by atoms with E-state index in [1.54, 1.807) is 0 Å². The van der Waals surface area contributed by atoms with Crippen LogP contribution in [-0.2, 0) is 16.1 Å². The van der Waals surface area contributed by atoms with Crippen LogP contribution in [0.25, 0.3) is 0 Å². The Balaban J connectivity index is 1.93. The van der Waals surface area contributed by atoms with Crippen LogP contribution in [0.15, 0.2) is 30.3 Å². The zero-order valence-corrected chi connectivity index (χ0v) is 14.0. The Hall–Kier alpha value is -1.55. The van der Waals surface area contributed by atoms with Crippen LogP contribution in [0, 0.1) is 5.41 Å². The van der Waals surface area contributed by atoms with Gasteiger partial charge >= 0.3 is 6.09 Å². The van der Waals surface area contributed by atoms with Crippen LogP contribution in [-0.4, -0.2) is 36.3 Å². The largest absolute Gasteiger partial charge is 0.445 e. The van der Waals surface area contributed by atoms with E-state index in [2.05, 4.69) is 13.8 Å². The zero-order valence-electron chi connectivity index (χ0n) is 14.0. The van der Waals surface area contributed by atoms with E-state index < -0.39 is 0 Å². The summed E-state index contributed by atoms with van der Waals surface area (Å²) in [5, 5.41) is 0. The molecule has 1 heterocycles. The molecule has 22 heavy (non-hydrogen) atoms. The molecule has 1 saturated heterocycles. The van der Waals surface area contributed by atoms with Gasteiger partial charge in [-0.2, -0.15) is 0 Å². The molecule has 0 aromatic heterocycles. The van der Waals surface area contributed by atoms with Crippen molar-refractivity contribution in [3.05, 3.63) is 35.9 Å². The summed E-state index contributed by atoms with van der Waals surface area (Å²) in [5.74, 6) is 0. The van der Waals surface area contributed by atoms with Gasteiger partial charge in [-0.3, -0.25) is 0 Å². The summed E-state index contributed by atoms with van der Waals surface area (Å²) >= 11 is 0. The molecule has 1 aliphatic heterocycles. The van der Waals surface area contributed by atoms with Gasteiger partial charge < -0.3 is 14.4 Å². The van der Waals surface area contributed by atoms with Gasteiger partial charge in [-0.15, -0.1) is 0 Å². The molecule has 0 aliphatic carbocycles. The summed E-state index contributed by atoms with van der Waals surface area (Å²) in [4.78, 5) is 14.2. The topological polar surface area (TPSA) is 38.8 Å². The number of ether oxygens (including phenoxy) is 2. The fraction of sp³-hybridized carbons (Fsp3) is 0.611. The summed E-state index contributed by atoms with van der Waals surface area (Å²) in [6, 6.07) is 9.86. The first-order chi connectivity index (χ1) is 10.4. The second-order valence-electron chi connectivity index (χ2n) is 7.07. The molecule has 1 fully saturated rings. The smallest absolute Gasteiger partial charge is 0.410 e. The molecule has 1 aliphatic rings. The summed E-state index contributed by atoms with van der Waals surface area (Å²) in [7, 11) is 0. The summed E-state index contributed by atoms with van der Waals surface area (Å²) in [5.41, 5.74) is 1.11.